The van der Waals surface area contributed by atoms with Crippen LogP contribution in [-0.4, -0.2) is 17.0 Å². The summed E-state index contributed by atoms with van der Waals surface area (Å²) >= 11 is 0. The van der Waals surface area contributed by atoms with E-state index in [1.165, 1.54) is 6.07 Å². The molecule has 4 nitrogen and oxygen atoms in total. The fourth-order valence-electron chi connectivity index (χ4n) is 2.64. The lowest BCUT2D eigenvalue weighted by Crippen LogP contribution is -2.19. The number of aromatic carboxylic acids is 1. The Balaban J connectivity index is 2.72. The van der Waals surface area contributed by atoms with Crippen LogP contribution in [0.4, 0.5) is 5.69 Å². The predicted molar refractivity (Wildman–Crippen MR) is 84.6 cm³/mol. The Kier molecular flexibility index (Phi) is 5.53. The van der Waals surface area contributed by atoms with Crippen molar-refractivity contribution in [1.29, 1.82) is 0 Å². The van der Waals surface area contributed by atoms with Crippen molar-refractivity contribution >= 4 is 17.6 Å². The van der Waals surface area contributed by atoms with Gasteiger partial charge in [-0.25, -0.2) is 4.79 Å². The number of carbonyl (C=O) groups is 2. The predicted octanol–water partition coefficient (Wildman–Crippen LogP) is 4.09. The zero-order chi connectivity index (χ0) is 16.2. The molecule has 21 heavy (non-hydrogen) atoms. The van der Waals surface area contributed by atoms with Crippen molar-refractivity contribution in [1.82, 2.24) is 0 Å². The van der Waals surface area contributed by atoms with E-state index < -0.39 is 5.97 Å². The van der Waals surface area contributed by atoms with E-state index >= 15 is 0 Å². The SMILES string of the molecule is Cc1c(NC(=O)CC(C)CC(C)(C)C)cccc1C(=O)O. The van der Waals surface area contributed by atoms with Gasteiger partial charge in [0.05, 0.1) is 5.56 Å². The molecule has 0 saturated heterocycles. The number of anilines is 1. The van der Waals surface area contributed by atoms with Crippen LogP contribution in [0.25, 0.3) is 0 Å². The van der Waals surface area contributed by atoms with Crippen molar-refractivity contribution < 1.29 is 14.7 Å². The zero-order valence-electron chi connectivity index (χ0n) is 13.5. The molecule has 0 aliphatic heterocycles. The molecule has 0 aliphatic carbocycles. The summed E-state index contributed by atoms with van der Waals surface area (Å²) in [5, 5.41) is 11.9. The third-order valence-corrected chi connectivity index (χ3v) is 3.33. The van der Waals surface area contributed by atoms with Crippen LogP contribution in [0.15, 0.2) is 18.2 Å². The molecule has 0 saturated carbocycles. The van der Waals surface area contributed by atoms with E-state index in [0.29, 0.717) is 17.7 Å². The second-order valence-corrected chi connectivity index (χ2v) is 6.91. The third kappa shape index (κ3) is 5.58. The first-order chi connectivity index (χ1) is 9.60. The van der Waals surface area contributed by atoms with Crippen LogP contribution in [0.1, 0.15) is 56.5 Å². The van der Waals surface area contributed by atoms with E-state index in [9.17, 15) is 9.59 Å². The molecule has 1 atom stereocenters. The van der Waals surface area contributed by atoms with Gasteiger partial charge in [0.25, 0.3) is 0 Å². The van der Waals surface area contributed by atoms with E-state index in [1.54, 1.807) is 19.1 Å². The highest BCUT2D eigenvalue weighted by Crippen LogP contribution is 2.26. The second-order valence-electron chi connectivity index (χ2n) is 6.91. The number of rotatable bonds is 5. The van der Waals surface area contributed by atoms with E-state index in [4.69, 9.17) is 5.11 Å². The molecular weight excluding hydrogens is 266 g/mol. The molecule has 0 spiro atoms. The van der Waals surface area contributed by atoms with Gasteiger partial charge in [0.1, 0.15) is 0 Å². The molecule has 116 valence electrons. The van der Waals surface area contributed by atoms with Crippen LogP contribution in [0.3, 0.4) is 0 Å². The normalized spacial score (nSPS) is 12.8. The van der Waals surface area contributed by atoms with Crippen LogP contribution in [0.2, 0.25) is 0 Å². The maximum absolute atomic E-state index is 12.1. The number of carboxylic acids is 1. The maximum atomic E-state index is 12.1. The molecule has 1 rings (SSSR count). The van der Waals surface area contributed by atoms with Crippen molar-refractivity contribution in [2.45, 2.75) is 47.5 Å². The summed E-state index contributed by atoms with van der Waals surface area (Å²) in [6, 6.07) is 4.91. The van der Waals surface area contributed by atoms with Gasteiger partial charge in [0, 0.05) is 12.1 Å². The molecule has 0 heterocycles. The summed E-state index contributed by atoms with van der Waals surface area (Å²) in [4.78, 5) is 23.2. The largest absolute Gasteiger partial charge is 0.478 e. The van der Waals surface area contributed by atoms with Gasteiger partial charge < -0.3 is 10.4 Å². The molecule has 0 bridgehead atoms. The number of hydrogen-bond donors (Lipinski definition) is 2. The van der Waals surface area contributed by atoms with Crippen LogP contribution < -0.4 is 5.32 Å². The number of hydrogen-bond acceptors (Lipinski definition) is 2. The number of carboxylic acid groups (broad SMARTS) is 1. The summed E-state index contributed by atoms with van der Waals surface area (Å²) < 4.78 is 0. The molecule has 1 unspecified atom stereocenters. The standard InChI is InChI=1S/C17H25NO3/c1-11(10-17(3,4)5)9-15(19)18-14-8-6-7-13(12(14)2)16(20)21/h6-8,11H,9-10H2,1-5H3,(H,18,19)(H,20,21). The minimum Gasteiger partial charge on any atom is -0.478 e. The van der Waals surface area contributed by atoms with Crippen LogP contribution in [0.5, 0.6) is 0 Å². The summed E-state index contributed by atoms with van der Waals surface area (Å²) in [6.45, 7) is 10.2. The fourth-order valence-corrected chi connectivity index (χ4v) is 2.64. The van der Waals surface area contributed by atoms with Gasteiger partial charge >= 0.3 is 5.97 Å². The number of amides is 1. The third-order valence-electron chi connectivity index (χ3n) is 3.33. The van der Waals surface area contributed by atoms with Crippen LogP contribution >= 0.6 is 0 Å². The Bertz CT molecular complexity index is 529. The second kappa shape index (κ2) is 6.74. The van der Waals surface area contributed by atoms with E-state index in [2.05, 4.69) is 33.0 Å². The number of carbonyl (C=O) groups excluding carboxylic acids is 1. The lowest BCUT2D eigenvalue weighted by Gasteiger charge is -2.23. The molecule has 4 heteroatoms. The molecular formula is C17H25NO3. The van der Waals surface area contributed by atoms with E-state index in [1.807, 2.05) is 0 Å². The Hall–Kier alpha value is -1.84. The van der Waals surface area contributed by atoms with Gasteiger partial charge in [0.15, 0.2) is 0 Å². The lowest BCUT2D eigenvalue weighted by molar-refractivity contribution is -0.117. The van der Waals surface area contributed by atoms with Crippen molar-refractivity contribution in [2.24, 2.45) is 11.3 Å². The van der Waals surface area contributed by atoms with Gasteiger partial charge in [-0.3, -0.25) is 4.79 Å². The van der Waals surface area contributed by atoms with Crippen molar-refractivity contribution in [3.8, 4) is 0 Å². The van der Waals surface area contributed by atoms with Gasteiger partial charge in [-0.1, -0.05) is 33.8 Å². The van der Waals surface area contributed by atoms with Gasteiger partial charge in [-0.05, 0) is 42.4 Å². The summed E-state index contributed by atoms with van der Waals surface area (Å²) in [7, 11) is 0. The van der Waals surface area contributed by atoms with Gasteiger partial charge in [-0.15, -0.1) is 0 Å². The molecule has 0 aromatic heterocycles. The van der Waals surface area contributed by atoms with Crippen molar-refractivity contribution in [3.05, 3.63) is 29.3 Å². The van der Waals surface area contributed by atoms with E-state index in [0.717, 1.165) is 6.42 Å². The number of nitrogens with one attached hydrogen (secondary N) is 1. The average Bonchev–Trinajstić information content (AvgIpc) is 2.28. The Morgan fingerprint density at radius 1 is 1.29 bits per heavy atom. The Morgan fingerprint density at radius 2 is 1.90 bits per heavy atom. The summed E-state index contributed by atoms with van der Waals surface area (Å²) in [5.41, 5.74) is 1.57. The Morgan fingerprint density at radius 3 is 2.43 bits per heavy atom. The van der Waals surface area contributed by atoms with Crippen molar-refractivity contribution in [3.63, 3.8) is 0 Å². The first kappa shape index (κ1) is 17.2. The fraction of sp³-hybridized carbons (Fsp3) is 0.529. The highest BCUT2D eigenvalue weighted by atomic mass is 16.4. The van der Waals surface area contributed by atoms with Gasteiger partial charge in [0.2, 0.25) is 5.91 Å². The molecule has 0 fully saturated rings. The quantitative estimate of drug-likeness (QED) is 0.858. The number of benzene rings is 1. The van der Waals surface area contributed by atoms with Crippen LogP contribution in [-0.2, 0) is 4.79 Å². The average molecular weight is 291 g/mol. The molecule has 0 radical (unpaired) electrons. The Labute approximate surface area is 126 Å². The smallest absolute Gasteiger partial charge is 0.336 e. The molecule has 2 N–H and O–H groups in total. The molecule has 1 aromatic carbocycles. The highest BCUT2D eigenvalue weighted by molar-refractivity contribution is 5.96. The summed E-state index contributed by atoms with van der Waals surface area (Å²) in [6.07, 6.45) is 1.41. The van der Waals surface area contributed by atoms with Crippen molar-refractivity contribution in [2.75, 3.05) is 5.32 Å². The lowest BCUT2D eigenvalue weighted by atomic mass is 9.84. The monoisotopic (exact) mass is 291 g/mol. The van der Waals surface area contributed by atoms with Gasteiger partial charge in [-0.2, -0.15) is 0 Å². The zero-order valence-corrected chi connectivity index (χ0v) is 13.5. The first-order valence-corrected chi connectivity index (χ1v) is 7.23. The first-order valence-electron chi connectivity index (χ1n) is 7.23. The van der Waals surface area contributed by atoms with Crippen LogP contribution in [0, 0.1) is 18.3 Å². The summed E-state index contributed by atoms with van der Waals surface area (Å²) in [5.74, 6) is -0.768. The molecule has 1 amide bonds. The molecule has 1 aromatic rings. The highest BCUT2D eigenvalue weighted by Gasteiger charge is 2.18. The minimum absolute atomic E-state index is 0.0719. The maximum Gasteiger partial charge on any atom is 0.336 e. The topological polar surface area (TPSA) is 66.4 Å². The van der Waals surface area contributed by atoms with E-state index in [-0.39, 0.29) is 22.8 Å². The minimum atomic E-state index is -0.982. The molecule has 0 aliphatic rings.